The van der Waals surface area contributed by atoms with Crippen LogP contribution in [0.4, 0.5) is 5.69 Å². The van der Waals surface area contributed by atoms with Crippen molar-refractivity contribution in [2.75, 3.05) is 5.73 Å². The molecule has 0 aliphatic rings. The molecule has 1 rings (SSSR count). The van der Waals surface area contributed by atoms with Crippen LogP contribution in [0.2, 0.25) is 0 Å². The van der Waals surface area contributed by atoms with Gasteiger partial charge in [0, 0.05) is 12.2 Å². The van der Waals surface area contributed by atoms with Crippen LogP contribution in [0.1, 0.15) is 5.56 Å². The SMILES string of the molecule is N=C(N)NC(=N)NCc1ccc(N)cc1. The minimum absolute atomic E-state index is 0.000625. The highest BCUT2D eigenvalue weighted by Gasteiger charge is 1.97. The lowest BCUT2D eigenvalue weighted by Crippen LogP contribution is -2.42. The summed E-state index contributed by atoms with van der Waals surface area (Å²) in [6, 6.07) is 7.31. The third kappa shape index (κ3) is 3.99. The average Bonchev–Trinajstić information content (AvgIpc) is 2.16. The number of hydrogen-bond donors (Lipinski definition) is 6. The smallest absolute Gasteiger partial charge is 0.195 e. The fourth-order valence-corrected chi connectivity index (χ4v) is 1.00. The molecule has 15 heavy (non-hydrogen) atoms. The quantitative estimate of drug-likeness (QED) is 0.227. The van der Waals surface area contributed by atoms with Crippen LogP contribution in [0.15, 0.2) is 24.3 Å². The zero-order chi connectivity index (χ0) is 11.3. The lowest BCUT2D eigenvalue weighted by molar-refractivity contribution is 0.877. The second kappa shape index (κ2) is 4.85. The second-order valence-electron chi connectivity index (χ2n) is 3.01. The molecule has 0 aromatic heterocycles. The van der Waals surface area contributed by atoms with Crippen LogP contribution in [0.3, 0.4) is 0 Å². The zero-order valence-corrected chi connectivity index (χ0v) is 8.17. The Hall–Kier alpha value is -2.24. The van der Waals surface area contributed by atoms with Crippen LogP contribution < -0.4 is 22.1 Å². The summed E-state index contributed by atoms with van der Waals surface area (Å²) in [6.07, 6.45) is 0. The minimum atomic E-state index is -0.259. The van der Waals surface area contributed by atoms with Gasteiger partial charge in [0.15, 0.2) is 11.9 Å². The first kappa shape index (κ1) is 10.8. The molecule has 0 saturated heterocycles. The summed E-state index contributed by atoms with van der Waals surface area (Å²) < 4.78 is 0. The first-order valence-electron chi connectivity index (χ1n) is 4.36. The summed E-state index contributed by atoms with van der Waals surface area (Å²) in [5.41, 5.74) is 12.3. The number of guanidine groups is 2. The van der Waals surface area contributed by atoms with Gasteiger partial charge in [-0.25, -0.2) is 0 Å². The molecule has 0 aliphatic heterocycles. The van der Waals surface area contributed by atoms with Crippen LogP contribution >= 0.6 is 0 Å². The van der Waals surface area contributed by atoms with E-state index in [9.17, 15) is 0 Å². The number of rotatable bonds is 2. The Morgan fingerprint density at radius 3 is 2.33 bits per heavy atom. The van der Waals surface area contributed by atoms with Gasteiger partial charge in [-0.3, -0.25) is 16.1 Å². The highest BCUT2D eigenvalue weighted by atomic mass is 15.2. The lowest BCUT2D eigenvalue weighted by atomic mass is 10.2. The van der Waals surface area contributed by atoms with E-state index < -0.39 is 0 Å². The first-order chi connectivity index (χ1) is 7.08. The molecule has 1 aromatic rings. The summed E-state index contributed by atoms with van der Waals surface area (Å²) in [7, 11) is 0. The number of nitrogens with one attached hydrogen (secondary N) is 4. The van der Waals surface area contributed by atoms with Gasteiger partial charge in [0.05, 0.1) is 0 Å². The molecule has 6 heteroatoms. The summed E-state index contributed by atoms with van der Waals surface area (Å²) >= 11 is 0. The van der Waals surface area contributed by atoms with Gasteiger partial charge in [0.25, 0.3) is 0 Å². The van der Waals surface area contributed by atoms with Gasteiger partial charge < -0.3 is 16.8 Å². The summed E-state index contributed by atoms with van der Waals surface area (Å²) in [5, 5.41) is 19.3. The molecular weight excluding hydrogens is 192 g/mol. The Labute approximate surface area is 87.7 Å². The van der Waals surface area contributed by atoms with Crippen LogP contribution in [0.5, 0.6) is 0 Å². The van der Waals surface area contributed by atoms with E-state index in [2.05, 4.69) is 10.6 Å². The van der Waals surface area contributed by atoms with Crippen molar-refractivity contribution in [2.24, 2.45) is 5.73 Å². The lowest BCUT2D eigenvalue weighted by Gasteiger charge is -2.08. The van der Waals surface area contributed by atoms with Crippen molar-refractivity contribution in [3.8, 4) is 0 Å². The molecule has 0 bridgehead atoms. The molecule has 0 aliphatic carbocycles. The van der Waals surface area contributed by atoms with E-state index in [0.29, 0.717) is 12.2 Å². The van der Waals surface area contributed by atoms with Crippen molar-refractivity contribution < 1.29 is 0 Å². The van der Waals surface area contributed by atoms with Crippen molar-refractivity contribution in [3.63, 3.8) is 0 Å². The van der Waals surface area contributed by atoms with Crippen LogP contribution in [0, 0.1) is 10.8 Å². The van der Waals surface area contributed by atoms with Crippen molar-refractivity contribution in [1.29, 1.82) is 10.8 Å². The van der Waals surface area contributed by atoms with E-state index in [-0.39, 0.29) is 11.9 Å². The summed E-state index contributed by atoms with van der Waals surface area (Å²) in [6.45, 7) is 0.486. The topological polar surface area (TPSA) is 124 Å². The maximum Gasteiger partial charge on any atom is 0.195 e. The number of anilines is 1. The second-order valence-corrected chi connectivity index (χ2v) is 3.01. The molecule has 0 fully saturated rings. The Kier molecular flexibility index (Phi) is 3.50. The number of nitrogen functional groups attached to an aromatic ring is 1. The number of hydrogen-bond acceptors (Lipinski definition) is 3. The molecule has 0 heterocycles. The largest absolute Gasteiger partial charge is 0.399 e. The van der Waals surface area contributed by atoms with Crippen LogP contribution in [-0.2, 0) is 6.54 Å². The Balaban J connectivity index is 2.40. The minimum Gasteiger partial charge on any atom is -0.399 e. The van der Waals surface area contributed by atoms with E-state index >= 15 is 0 Å². The predicted molar refractivity (Wildman–Crippen MR) is 60.5 cm³/mol. The molecule has 0 radical (unpaired) electrons. The summed E-state index contributed by atoms with van der Waals surface area (Å²) in [4.78, 5) is 0. The van der Waals surface area contributed by atoms with Gasteiger partial charge in [-0.05, 0) is 17.7 Å². The van der Waals surface area contributed by atoms with E-state index in [1.165, 1.54) is 0 Å². The Bertz CT molecular complexity index is 355. The Morgan fingerprint density at radius 2 is 1.80 bits per heavy atom. The average molecular weight is 206 g/mol. The number of benzene rings is 1. The van der Waals surface area contributed by atoms with Crippen LogP contribution in [0.25, 0.3) is 0 Å². The van der Waals surface area contributed by atoms with Gasteiger partial charge in [0.1, 0.15) is 0 Å². The summed E-state index contributed by atoms with van der Waals surface area (Å²) in [5.74, 6) is -0.260. The highest BCUT2D eigenvalue weighted by Crippen LogP contribution is 2.04. The third-order valence-electron chi connectivity index (χ3n) is 1.71. The van der Waals surface area contributed by atoms with E-state index in [0.717, 1.165) is 5.56 Å². The standard InChI is InChI=1S/C9H14N6/c10-7-3-1-6(2-4-7)5-14-9(13)15-8(11)12/h1-4H,5,10H2,(H6,11,12,13,14,15). The van der Waals surface area contributed by atoms with E-state index in [1.54, 1.807) is 12.1 Å². The molecule has 0 amide bonds. The normalized spacial score (nSPS) is 9.33. The van der Waals surface area contributed by atoms with Gasteiger partial charge in [-0.2, -0.15) is 0 Å². The van der Waals surface area contributed by atoms with Gasteiger partial charge >= 0.3 is 0 Å². The molecule has 8 N–H and O–H groups in total. The molecule has 1 aromatic carbocycles. The third-order valence-corrected chi connectivity index (χ3v) is 1.71. The Morgan fingerprint density at radius 1 is 1.20 bits per heavy atom. The molecule has 0 unspecified atom stereocenters. The van der Waals surface area contributed by atoms with Gasteiger partial charge in [-0.1, -0.05) is 12.1 Å². The molecular formula is C9H14N6. The van der Waals surface area contributed by atoms with Gasteiger partial charge in [0.2, 0.25) is 0 Å². The maximum atomic E-state index is 7.34. The van der Waals surface area contributed by atoms with E-state index in [4.69, 9.17) is 22.3 Å². The van der Waals surface area contributed by atoms with E-state index in [1.807, 2.05) is 12.1 Å². The van der Waals surface area contributed by atoms with Crippen molar-refractivity contribution in [3.05, 3.63) is 29.8 Å². The molecule has 0 spiro atoms. The molecule has 6 nitrogen and oxygen atoms in total. The first-order valence-corrected chi connectivity index (χ1v) is 4.36. The maximum absolute atomic E-state index is 7.34. The molecule has 0 atom stereocenters. The molecule has 0 saturated carbocycles. The van der Waals surface area contributed by atoms with Crippen molar-refractivity contribution >= 4 is 17.6 Å². The molecule has 80 valence electrons. The monoisotopic (exact) mass is 206 g/mol. The zero-order valence-electron chi connectivity index (χ0n) is 8.17. The fraction of sp³-hybridized carbons (Fsp3) is 0.111. The van der Waals surface area contributed by atoms with Crippen LogP contribution in [-0.4, -0.2) is 11.9 Å². The van der Waals surface area contributed by atoms with Crippen molar-refractivity contribution in [2.45, 2.75) is 6.54 Å². The van der Waals surface area contributed by atoms with Crippen molar-refractivity contribution in [1.82, 2.24) is 10.6 Å². The number of nitrogens with two attached hydrogens (primary N) is 2. The predicted octanol–water partition coefficient (Wildman–Crippen LogP) is -0.224. The van der Waals surface area contributed by atoms with Gasteiger partial charge in [-0.15, -0.1) is 0 Å². The highest BCUT2D eigenvalue weighted by molar-refractivity contribution is 5.94. The fourth-order valence-electron chi connectivity index (χ4n) is 1.00.